The molecule has 0 unspecified atom stereocenters. The summed E-state index contributed by atoms with van der Waals surface area (Å²) in [5.41, 5.74) is 6.73. The number of nitrogens with one attached hydrogen (secondary N) is 1. The van der Waals surface area contributed by atoms with Crippen molar-refractivity contribution in [2.24, 2.45) is 0 Å². The summed E-state index contributed by atoms with van der Waals surface area (Å²) in [7, 11) is 1.05. The summed E-state index contributed by atoms with van der Waals surface area (Å²) in [6.07, 6.45) is 3.62. The van der Waals surface area contributed by atoms with Crippen LogP contribution in [0.3, 0.4) is 0 Å². The van der Waals surface area contributed by atoms with Crippen molar-refractivity contribution in [3.8, 4) is 0 Å². The minimum absolute atomic E-state index is 0.943. The number of hydrogen-bond acceptors (Lipinski definition) is 0. The summed E-state index contributed by atoms with van der Waals surface area (Å²) in [4.78, 5) is 3.59. The Hall–Kier alpha value is -0.733. The molecule has 0 aliphatic carbocycles. The van der Waals surface area contributed by atoms with Crippen LogP contribution in [0.1, 0.15) is 42.0 Å². The number of rotatable bonds is 3. The molecule has 18 heavy (non-hydrogen) atoms. The Kier molecular flexibility index (Phi) is 3.88. The maximum absolute atomic E-state index is 6.55. The predicted molar refractivity (Wildman–Crippen MR) is 85.7 cm³/mol. The number of fused-ring (bicyclic) bond motifs is 1. The minimum Gasteiger partial charge on any atom is -0.363 e. The van der Waals surface area contributed by atoms with Crippen LogP contribution in [0, 0.1) is 20.8 Å². The van der Waals surface area contributed by atoms with Gasteiger partial charge in [0.15, 0.2) is 0 Å². The van der Waals surface area contributed by atoms with Crippen LogP contribution in [0.2, 0.25) is 5.02 Å². The molecule has 0 fully saturated rings. The average Bonchev–Trinajstić information content (AvgIpc) is 2.63. The van der Waals surface area contributed by atoms with Gasteiger partial charge < -0.3 is 4.98 Å². The topological polar surface area (TPSA) is 15.8 Å². The second kappa shape index (κ2) is 5.10. The zero-order valence-electron chi connectivity index (χ0n) is 12.0. The van der Waals surface area contributed by atoms with E-state index < -0.39 is 0 Å². The fourth-order valence-corrected chi connectivity index (χ4v) is 3.53. The van der Waals surface area contributed by atoms with E-state index in [2.05, 4.69) is 32.7 Å². The van der Waals surface area contributed by atoms with Gasteiger partial charge in [0.1, 0.15) is 0 Å². The summed E-state index contributed by atoms with van der Waals surface area (Å²) >= 11 is 6.55. The smallest absolute Gasteiger partial charge is 0.0596 e. The summed E-state index contributed by atoms with van der Waals surface area (Å²) < 4.78 is 0. The standard InChI is InChI=1S/C15H22ClNSi/c1-5-6-7-11-8(2)9(3)13(16)12-10(4)15(18)17-14(11)12/h17H,5-7H2,1-4,18H3. The van der Waals surface area contributed by atoms with Gasteiger partial charge in [-0.05, 0) is 61.2 Å². The van der Waals surface area contributed by atoms with Crippen LogP contribution in [0.5, 0.6) is 0 Å². The van der Waals surface area contributed by atoms with E-state index in [0.717, 1.165) is 21.7 Å². The Bertz CT molecular complexity index is 599. The number of H-pyrrole nitrogens is 1. The summed E-state index contributed by atoms with van der Waals surface area (Å²) in [6, 6.07) is 0. The lowest BCUT2D eigenvalue weighted by Crippen LogP contribution is -2.05. The normalized spacial score (nSPS) is 11.6. The van der Waals surface area contributed by atoms with Crippen LogP contribution >= 0.6 is 11.6 Å². The lowest BCUT2D eigenvalue weighted by Gasteiger charge is -2.13. The minimum atomic E-state index is 0.943. The zero-order chi connectivity index (χ0) is 13.4. The Morgan fingerprint density at radius 2 is 1.78 bits per heavy atom. The van der Waals surface area contributed by atoms with Gasteiger partial charge in [-0.3, -0.25) is 0 Å². The van der Waals surface area contributed by atoms with Crippen LogP contribution in [-0.4, -0.2) is 15.2 Å². The van der Waals surface area contributed by atoms with Gasteiger partial charge in [-0.15, -0.1) is 0 Å². The molecule has 0 radical (unpaired) electrons. The third kappa shape index (κ3) is 2.02. The highest BCUT2D eigenvalue weighted by Gasteiger charge is 2.17. The monoisotopic (exact) mass is 279 g/mol. The third-order valence-electron chi connectivity index (χ3n) is 4.15. The molecular formula is C15H22ClNSi. The Labute approximate surface area is 117 Å². The van der Waals surface area contributed by atoms with Gasteiger partial charge in [0, 0.05) is 5.39 Å². The molecule has 1 aromatic heterocycles. The van der Waals surface area contributed by atoms with Gasteiger partial charge in [0.2, 0.25) is 0 Å². The van der Waals surface area contributed by atoms with E-state index in [1.807, 2.05) is 0 Å². The molecule has 2 aromatic rings. The molecule has 98 valence electrons. The van der Waals surface area contributed by atoms with Crippen LogP contribution in [-0.2, 0) is 6.42 Å². The van der Waals surface area contributed by atoms with Crippen LogP contribution < -0.4 is 5.32 Å². The van der Waals surface area contributed by atoms with Crippen molar-refractivity contribution < 1.29 is 0 Å². The molecular weight excluding hydrogens is 258 g/mol. The van der Waals surface area contributed by atoms with Gasteiger partial charge in [0.25, 0.3) is 0 Å². The molecule has 3 heteroatoms. The first-order valence-electron chi connectivity index (χ1n) is 6.75. The summed E-state index contributed by atoms with van der Waals surface area (Å²) in [5.74, 6) is 0. The van der Waals surface area contributed by atoms with Crippen molar-refractivity contribution >= 4 is 38.1 Å². The Morgan fingerprint density at radius 1 is 1.11 bits per heavy atom. The third-order valence-corrected chi connectivity index (χ3v) is 5.62. The first-order valence-corrected chi connectivity index (χ1v) is 8.13. The zero-order valence-corrected chi connectivity index (χ0v) is 14.8. The molecule has 2 rings (SSSR count). The molecule has 0 saturated carbocycles. The molecule has 0 bridgehead atoms. The van der Waals surface area contributed by atoms with Crippen molar-refractivity contribution in [1.82, 2.24) is 4.98 Å². The second-order valence-electron chi connectivity index (χ2n) is 5.27. The first kappa shape index (κ1) is 13.7. The molecule has 0 spiro atoms. The highest BCUT2D eigenvalue weighted by molar-refractivity contribution is 6.39. The van der Waals surface area contributed by atoms with Crippen molar-refractivity contribution in [2.75, 3.05) is 0 Å². The first-order chi connectivity index (χ1) is 8.49. The SMILES string of the molecule is CCCCc1c(C)c(C)c(Cl)c2c(C)c([SiH3])[nH]c12. The van der Waals surface area contributed by atoms with E-state index in [9.17, 15) is 0 Å². The van der Waals surface area contributed by atoms with Crippen molar-refractivity contribution in [3.05, 3.63) is 27.3 Å². The molecule has 1 nitrogen and oxygen atoms in total. The van der Waals surface area contributed by atoms with Crippen molar-refractivity contribution in [3.63, 3.8) is 0 Å². The molecule has 0 aliphatic heterocycles. The average molecular weight is 280 g/mol. The van der Waals surface area contributed by atoms with Crippen molar-refractivity contribution in [2.45, 2.75) is 47.0 Å². The second-order valence-corrected chi connectivity index (χ2v) is 6.65. The molecule has 0 amide bonds. The fourth-order valence-electron chi connectivity index (χ4n) is 2.65. The molecule has 0 atom stereocenters. The Morgan fingerprint density at radius 3 is 2.39 bits per heavy atom. The van der Waals surface area contributed by atoms with E-state index in [0.29, 0.717) is 0 Å². The highest BCUT2D eigenvalue weighted by atomic mass is 35.5. The predicted octanol–water partition coefficient (Wildman–Crippen LogP) is 3.08. The number of halogens is 1. The van der Waals surface area contributed by atoms with Crippen LogP contribution in [0.15, 0.2) is 0 Å². The molecule has 0 saturated heterocycles. The summed E-state index contributed by atoms with van der Waals surface area (Å²) in [5, 5.41) is 3.57. The molecule has 1 heterocycles. The number of aryl methyl sites for hydroxylation is 2. The quantitative estimate of drug-likeness (QED) is 0.831. The number of benzene rings is 1. The highest BCUT2D eigenvalue weighted by Crippen LogP contribution is 2.34. The maximum Gasteiger partial charge on any atom is 0.0596 e. The van der Waals surface area contributed by atoms with Crippen molar-refractivity contribution in [1.29, 1.82) is 0 Å². The lowest BCUT2D eigenvalue weighted by molar-refractivity contribution is 0.793. The number of aromatic nitrogens is 1. The number of hydrogen-bond donors (Lipinski definition) is 1. The van der Waals surface area contributed by atoms with E-state index in [4.69, 9.17) is 11.6 Å². The number of aromatic amines is 1. The maximum atomic E-state index is 6.55. The van der Waals surface area contributed by atoms with E-state index in [-0.39, 0.29) is 0 Å². The van der Waals surface area contributed by atoms with Gasteiger partial charge in [-0.1, -0.05) is 24.9 Å². The van der Waals surface area contributed by atoms with Crippen LogP contribution in [0.25, 0.3) is 10.9 Å². The molecule has 1 N–H and O–H groups in total. The van der Waals surface area contributed by atoms with E-state index >= 15 is 0 Å². The van der Waals surface area contributed by atoms with Crippen LogP contribution in [0.4, 0.5) is 0 Å². The molecule has 0 aliphatic rings. The fraction of sp³-hybridized carbons (Fsp3) is 0.467. The van der Waals surface area contributed by atoms with E-state index in [1.165, 1.54) is 51.3 Å². The van der Waals surface area contributed by atoms with E-state index in [1.54, 1.807) is 0 Å². The largest absolute Gasteiger partial charge is 0.363 e. The number of unbranched alkanes of at least 4 members (excludes halogenated alkanes) is 1. The van der Waals surface area contributed by atoms with Gasteiger partial charge in [-0.2, -0.15) is 0 Å². The Balaban J connectivity index is 2.79. The van der Waals surface area contributed by atoms with Gasteiger partial charge in [0.05, 0.1) is 20.8 Å². The summed E-state index contributed by atoms with van der Waals surface area (Å²) in [6.45, 7) is 8.78. The van der Waals surface area contributed by atoms with Gasteiger partial charge >= 0.3 is 0 Å². The van der Waals surface area contributed by atoms with Gasteiger partial charge in [-0.25, -0.2) is 0 Å². The lowest BCUT2D eigenvalue weighted by atomic mass is 9.95. The molecule has 1 aromatic carbocycles.